The van der Waals surface area contributed by atoms with Crippen molar-refractivity contribution in [3.8, 4) is 0 Å². The van der Waals surface area contributed by atoms with E-state index in [0.29, 0.717) is 18.3 Å². The third kappa shape index (κ3) is 2.96. The zero-order chi connectivity index (χ0) is 14.7. The van der Waals surface area contributed by atoms with Gasteiger partial charge in [0.05, 0.1) is 23.5 Å². The molecule has 0 atom stereocenters. The van der Waals surface area contributed by atoms with Gasteiger partial charge in [-0.1, -0.05) is 6.07 Å². The fraction of sp³-hybridized carbons (Fsp3) is 0.357. The monoisotopic (exact) mass is 274 g/mol. The Morgan fingerprint density at radius 1 is 1.45 bits per heavy atom. The minimum absolute atomic E-state index is 0.0978. The SMILES string of the molecule is Cc1ccc(NCc2cncn2C(C)C)c([N+](=O)[O-])c1. The van der Waals surface area contributed by atoms with E-state index in [-0.39, 0.29) is 10.6 Å². The summed E-state index contributed by atoms with van der Waals surface area (Å²) in [5.41, 5.74) is 2.49. The van der Waals surface area contributed by atoms with Crippen LogP contribution in [0.15, 0.2) is 30.7 Å². The van der Waals surface area contributed by atoms with Crippen molar-refractivity contribution < 1.29 is 4.92 Å². The first-order valence-corrected chi connectivity index (χ1v) is 6.48. The van der Waals surface area contributed by atoms with E-state index in [2.05, 4.69) is 24.1 Å². The molecule has 0 unspecified atom stereocenters. The largest absolute Gasteiger partial charge is 0.374 e. The molecule has 0 fully saturated rings. The summed E-state index contributed by atoms with van der Waals surface area (Å²) >= 11 is 0. The van der Waals surface area contributed by atoms with Gasteiger partial charge >= 0.3 is 0 Å². The topological polar surface area (TPSA) is 73.0 Å². The van der Waals surface area contributed by atoms with Crippen LogP contribution >= 0.6 is 0 Å². The summed E-state index contributed by atoms with van der Waals surface area (Å²) in [5.74, 6) is 0. The number of nitro benzene ring substituents is 1. The molecule has 2 rings (SSSR count). The van der Waals surface area contributed by atoms with Crippen LogP contribution in [0, 0.1) is 17.0 Å². The average Bonchev–Trinajstić information content (AvgIpc) is 2.85. The molecule has 0 aliphatic heterocycles. The summed E-state index contributed by atoms with van der Waals surface area (Å²) in [6.07, 6.45) is 3.54. The molecule has 6 nitrogen and oxygen atoms in total. The summed E-state index contributed by atoms with van der Waals surface area (Å²) in [4.78, 5) is 14.8. The first-order chi connectivity index (χ1) is 9.49. The zero-order valence-electron chi connectivity index (χ0n) is 11.8. The first kappa shape index (κ1) is 14.0. The molecule has 6 heteroatoms. The van der Waals surface area contributed by atoms with Crippen molar-refractivity contribution in [2.24, 2.45) is 0 Å². The lowest BCUT2D eigenvalue weighted by atomic mass is 10.2. The Labute approximate surface area is 117 Å². The highest BCUT2D eigenvalue weighted by molar-refractivity contribution is 5.62. The maximum Gasteiger partial charge on any atom is 0.292 e. The van der Waals surface area contributed by atoms with Gasteiger partial charge in [-0.15, -0.1) is 0 Å². The molecule has 1 N–H and O–H groups in total. The highest BCUT2D eigenvalue weighted by atomic mass is 16.6. The van der Waals surface area contributed by atoms with Gasteiger partial charge in [-0.25, -0.2) is 4.98 Å². The van der Waals surface area contributed by atoms with Crippen LogP contribution in [0.4, 0.5) is 11.4 Å². The summed E-state index contributed by atoms with van der Waals surface area (Å²) < 4.78 is 2.03. The first-order valence-electron chi connectivity index (χ1n) is 6.48. The lowest BCUT2D eigenvalue weighted by Crippen LogP contribution is -2.09. The molecule has 0 aliphatic rings. The number of benzene rings is 1. The van der Waals surface area contributed by atoms with Crippen LogP contribution in [0.3, 0.4) is 0 Å². The molecule has 0 amide bonds. The highest BCUT2D eigenvalue weighted by Gasteiger charge is 2.14. The van der Waals surface area contributed by atoms with E-state index in [1.165, 1.54) is 0 Å². The number of nitro groups is 1. The lowest BCUT2D eigenvalue weighted by Gasteiger charge is -2.13. The number of rotatable bonds is 5. The molecule has 0 radical (unpaired) electrons. The quantitative estimate of drug-likeness (QED) is 0.670. The second-order valence-electron chi connectivity index (χ2n) is 5.02. The van der Waals surface area contributed by atoms with Gasteiger partial charge in [0, 0.05) is 18.3 Å². The van der Waals surface area contributed by atoms with Gasteiger partial charge in [0.2, 0.25) is 0 Å². The maximum absolute atomic E-state index is 11.1. The van der Waals surface area contributed by atoms with E-state index < -0.39 is 0 Å². The highest BCUT2D eigenvalue weighted by Crippen LogP contribution is 2.25. The van der Waals surface area contributed by atoms with Crippen LogP contribution in [-0.2, 0) is 6.54 Å². The molecule has 2 aromatic rings. The van der Waals surface area contributed by atoms with E-state index >= 15 is 0 Å². The predicted octanol–water partition coefficient (Wildman–Crippen LogP) is 3.29. The molecule has 0 aliphatic carbocycles. The third-order valence-corrected chi connectivity index (χ3v) is 3.11. The minimum Gasteiger partial charge on any atom is -0.374 e. The third-order valence-electron chi connectivity index (χ3n) is 3.11. The Kier molecular flexibility index (Phi) is 4.02. The average molecular weight is 274 g/mol. The van der Waals surface area contributed by atoms with Crippen LogP contribution < -0.4 is 5.32 Å². The number of aryl methyl sites for hydroxylation is 1. The van der Waals surface area contributed by atoms with Crippen molar-refractivity contribution in [1.82, 2.24) is 9.55 Å². The summed E-state index contributed by atoms with van der Waals surface area (Å²) in [6.45, 7) is 6.48. The molecule has 0 saturated heterocycles. The van der Waals surface area contributed by atoms with Crippen LogP contribution in [0.1, 0.15) is 31.1 Å². The van der Waals surface area contributed by atoms with Crippen molar-refractivity contribution in [3.63, 3.8) is 0 Å². The summed E-state index contributed by atoms with van der Waals surface area (Å²) in [5, 5.41) is 14.2. The van der Waals surface area contributed by atoms with Crippen molar-refractivity contribution in [3.05, 3.63) is 52.1 Å². The number of hydrogen-bond acceptors (Lipinski definition) is 4. The van der Waals surface area contributed by atoms with Crippen LogP contribution in [-0.4, -0.2) is 14.5 Å². The molecule has 0 saturated carbocycles. The van der Waals surface area contributed by atoms with E-state index in [9.17, 15) is 10.1 Å². The Balaban J connectivity index is 2.19. The van der Waals surface area contributed by atoms with Gasteiger partial charge in [0.1, 0.15) is 5.69 Å². The molecule has 0 bridgehead atoms. The van der Waals surface area contributed by atoms with Gasteiger partial charge in [0.25, 0.3) is 5.69 Å². The molecular weight excluding hydrogens is 256 g/mol. The number of hydrogen-bond donors (Lipinski definition) is 1. The summed E-state index contributed by atoms with van der Waals surface area (Å²) in [6, 6.07) is 5.48. The zero-order valence-corrected chi connectivity index (χ0v) is 11.8. The van der Waals surface area contributed by atoms with Crippen LogP contribution in [0.25, 0.3) is 0 Å². The number of nitrogens with zero attached hydrogens (tertiary/aromatic N) is 3. The Morgan fingerprint density at radius 3 is 2.85 bits per heavy atom. The standard InChI is InChI=1S/C14H18N4O2/c1-10(2)17-9-15-7-12(17)8-16-13-5-4-11(3)6-14(13)18(19)20/h4-7,9-10,16H,8H2,1-3H3. The van der Waals surface area contributed by atoms with Crippen molar-refractivity contribution in [1.29, 1.82) is 0 Å². The van der Waals surface area contributed by atoms with E-state index in [4.69, 9.17) is 0 Å². The molecular formula is C14H18N4O2. The summed E-state index contributed by atoms with van der Waals surface area (Å²) in [7, 11) is 0. The fourth-order valence-electron chi connectivity index (χ4n) is 2.06. The van der Waals surface area contributed by atoms with Gasteiger partial charge in [0.15, 0.2) is 0 Å². The van der Waals surface area contributed by atoms with Crippen LogP contribution in [0.5, 0.6) is 0 Å². The second-order valence-corrected chi connectivity index (χ2v) is 5.02. The van der Waals surface area contributed by atoms with Gasteiger partial charge in [-0.05, 0) is 32.4 Å². The molecule has 1 heterocycles. The van der Waals surface area contributed by atoms with Crippen LogP contribution in [0.2, 0.25) is 0 Å². The van der Waals surface area contributed by atoms with E-state index in [0.717, 1.165) is 11.3 Å². The lowest BCUT2D eigenvalue weighted by molar-refractivity contribution is -0.384. The molecule has 0 spiro atoms. The Bertz CT molecular complexity index is 619. The molecule has 20 heavy (non-hydrogen) atoms. The van der Waals surface area contributed by atoms with Crippen molar-refractivity contribution >= 4 is 11.4 Å². The van der Waals surface area contributed by atoms with Crippen molar-refractivity contribution in [2.45, 2.75) is 33.4 Å². The van der Waals surface area contributed by atoms with Gasteiger partial charge in [-0.2, -0.15) is 0 Å². The Hall–Kier alpha value is -2.37. The van der Waals surface area contributed by atoms with E-state index in [1.807, 2.05) is 17.6 Å². The molecule has 106 valence electrons. The number of imidazole rings is 1. The smallest absolute Gasteiger partial charge is 0.292 e. The second kappa shape index (κ2) is 5.73. The predicted molar refractivity (Wildman–Crippen MR) is 77.8 cm³/mol. The van der Waals surface area contributed by atoms with E-state index in [1.54, 1.807) is 24.7 Å². The van der Waals surface area contributed by atoms with Gasteiger partial charge in [-0.3, -0.25) is 10.1 Å². The maximum atomic E-state index is 11.1. The minimum atomic E-state index is -0.366. The Morgan fingerprint density at radius 2 is 2.20 bits per heavy atom. The molecule has 1 aromatic heterocycles. The number of anilines is 1. The fourth-order valence-corrected chi connectivity index (χ4v) is 2.06. The number of nitrogens with one attached hydrogen (secondary N) is 1. The normalized spacial score (nSPS) is 10.8. The number of aromatic nitrogens is 2. The van der Waals surface area contributed by atoms with Crippen molar-refractivity contribution in [2.75, 3.05) is 5.32 Å². The van der Waals surface area contributed by atoms with Gasteiger partial charge < -0.3 is 9.88 Å². The molecule has 1 aromatic carbocycles.